The molecule has 27 heavy (non-hydrogen) atoms. The summed E-state index contributed by atoms with van der Waals surface area (Å²) >= 11 is 0. The van der Waals surface area contributed by atoms with Gasteiger partial charge in [0.25, 0.3) is 0 Å². The van der Waals surface area contributed by atoms with Gasteiger partial charge in [-0.3, -0.25) is 0 Å². The molecule has 1 aliphatic heterocycles. The molecule has 0 aromatic carbocycles. The molecule has 2 aliphatic rings. The van der Waals surface area contributed by atoms with Gasteiger partial charge >= 0.3 is 0 Å². The van der Waals surface area contributed by atoms with Crippen LogP contribution < -0.4 is 0 Å². The summed E-state index contributed by atoms with van der Waals surface area (Å²) in [7, 11) is -1.54. The molecule has 0 amide bonds. The van der Waals surface area contributed by atoms with Gasteiger partial charge in [-0.05, 0) is 36.9 Å². The summed E-state index contributed by atoms with van der Waals surface area (Å²) in [6.07, 6.45) is 6.68. The predicted octanol–water partition coefficient (Wildman–Crippen LogP) is 4.88. The van der Waals surface area contributed by atoms with Gasteiger partial charge in [0.15, 0.2) is 20.4 Å². The van der Waals surface area contributed by atoms with E-state index in [1.165, 1.54) is 18.1 Å². The highest BCUT2D eigenvalue weighted by molar-refractivity contribution is 6.73. The molecule has 1 saturated heterocycles. The first-order valence-corrected chi connectivity index (χ1v) is 13.4. The van der Waals surface area contributed by atoms with Crippen LogP contribution in [0, 0.1) is 5.92 Å². The standard InChI is InChI=1S/C21H40O5Si/c1-5-13-22-20(23-14-17-26-27(6-2,7-3)8-4)18-19-9-11-21(12-10-19)24-15-16-25-21/h5,19-20H,1,6-18H2,2-4H3. The lowest BCUT2D eigenvalue weighted by atomic mass is 9.83. The molecule has 0 N–H and O–H groups in total. The Morgan fingerprint density at radius 3 is 2.22 bits per heavy atom. The largest absolute Gasteiger partial charge is 0.414 e. The number of hydrogen-bond acceptors (Lipinski definition) is 5. The molecular formula is C21H40O5Si. The van der Waals surface area contributed by atoms with E-state index in [4.69, 9.17) is 23.4 Å². The molecule has 1 unspecified atom stereocenters. The van der Waals surface area contributed by atoms with E-state index in [1.54, 1.807) is 6.08 Å². The summed E-state index contributed by atoms with van der Waals surface area (Å²) in [6, 6.07) is 3.51. The molecule has 0 aromatic rings. The summed E-state index contributed by atoms with van der Waals surface area (Å²) in [6.45, 7) is 13.8. The molecule has 1 heterocycles. The van der Waals surface area contributed by atoms with Crippen molar-refractivity contribution in [1.82, 2.24) is 0 Å². The summed E-state index contributed by atoms with van der Waals surface area (Å²) in [4.78, 5) is 0. The Morgan fingerprint density at radius 2 is 1.67 bits per heavy atom. The topological polar surface area (TPSA) is 46.2 Å². The van der Waals surface area contributed by atoms with Gasteiger partial charge in [-0.25, -0.2) is 0 Å². The highest BCUT2D eigenvalue weighted by atomic mass is 28.4. The van der Waals surface area contributed by atoms with Crippen molar-refractivity contribution in [3.63, 3.8) is 0 Å². The van der Waals surface area contributed by atoms with Gasteiger partial charge in [-0.1, -0.05) is 26.8 Å². The Kier molecular flexibility index (Phi) is 9.97. The van der Waals surface area contributed by atoms with Gasteiger partial charge in [0.1, 0.15) is 0 Å². The van der Waals surface area contributed by atoms with Crippen molar-refractivity contribution in [1.29, 1.82) is 0 Å². The highest BCUT2D eigenvalue weighted by Gasteiger charge is 2.40. The fraction of sp³-hybridized carbons (Fsp3) is 0.905. The lowest BCUT2D eigenvalue weighted by Gasteiger charge is -2.36. The van der Waals surface area contributed by atoms with Crippen LogP contribution in [0.4, 0.5) is 0 Å². The third-order valence-electron chi connectivity index (χ3n) is 6.33. The number of hydrogen-bond donors (Lipinski definition) is 0. The number of rotatable bonds is 13. The summed E-state index contributed by atoms with van der Waals surface area (Å²) in [5.41, 5.74) is 0. The van der Waals surface area contributed by atoms with E-state index in [1.807, 2.05) is 0 Å². The van der Waals surface area contributed by atoms with Gasteiger partial charge in [0.2, 0.25) is 0 Å². The van der Waals surface area contributed by atoms with E-state index in [0.717, 1.165) is 45.3 Å². The van der Waals surface area contributed by atoms with Crippen molar-refractivity contribution in [3.8, 4) is 0 Å². The molecule has 6 heteroatoms. The monoisotopic (exact) mass is 400 g/mol. The van der Waals surface area contributed by atoms with Crippen LogP contribution in [0.25, 0.3) is 0 Å². The van der Waals surface area contributed by atoms with E-state index in [0.29, 0.717) is 25.7 Å². The Bertz CT molecular complexity index is 403. The Labute approximate surface area is 166 Å². The minimum atomic E-state index is -1.54. The van der Waals surface area contributed by atoms with Crippen molar-refractivity contribution >= 4 is 8.32 Å². The molecule has 0 bridgehead atoms. The molecule has 5 nitrogen and oxygen atoms in total. The van der Waals surface area contributed by atoms with E-state index in [2.05, 4.69) is 27.4 Å². The minimum absolute atomic E-state index is 0.183. The number of ether oxygens (including phenoxy) is 4. The van der Waals surface area contributed by atoms with Crippen LogP contribution in [-0.2, 0) is 23.4 Å². The molecule has 2 rings (SSSR count). The molecule has 0 aromatic heterocycles. The van der Waals surface area contributed by atoms with Crippen LogP contribution in [0.2, 0.25) is 18.1 Å². The van der Waals surface area contributed by atoms with Crippen LogP contribution in [0.5, 0.6) is 0 Å². The maximum Gasteiger partial charge on any atom is 0.192 e. The van der Waals surface area contributed by atoms with Crippen LogP contribution >= 0.6 is 0 Å². The van der Waals surface area contributed by atoms with Crippen molar-refractivity contribution in [2.75, 3.05) is 33.0 Å². The smallest absolute Gasteiger partial charge is 0.192 e. The third kappa shape index (κ3) is 6.94. The molecule has 0 radical (unpaired) electrons. The quantitative estimate of drug-likeness (QED) is 0.191. The molecular weight excluding hydrogens is 360 g/mol. The van der Waals surface area contributed by atoms with Crippen LogP contribution in [0.1, 0.15) is 52.9 Å². The van der Waals surface area contributed by atoms with E-state index in [-0.39, 0.29) is 12.1 Å². The summed E-state index contributed by atoms with van der Waals surface area (Å²) in [5, 5.41) is 0. The van der Waals surface area contributed by atoms with Gasteiger partial charge < -0.3 is 23.4 Å². The van der Waals surface area contributed by atoms with Crippen molar-refractivity contribution in [3.05, 3.63) is 12.7 Å². The third-order valence-corrected chi connectivity index (χ3v) is 11.0. The first-order chi connectivity index (χ1) is 13.1. The van der Waals surface area contributed by atoms with Crippen LogP contribution in [0.3, 0.4) is 0 Å². The SMILES string of the molecule is C=CCOC(CC1CCC2(CC1)OCCO2)OCCO[Si](CC)(CC)CC. The van der Waals surface area contributed by atoms with Gasteiger partial charge in [0.05, 0.1) is 33.0 Å². The fourth-order valence-corrected chi connectivity index (χ4v) is 6.89. The zero-order valence-corrected chi connectivity index (χ0v) is 18.7. The second-order valence-corrected chi connectivity index (χ2v) is 12.6. The van der Waals surface area contributed by atoms with E-state index >= 15 is 0 Å². The molecule has 1 spiro atoms. The second-order valence-electron chi connectivity index (χ2n) is 7.80. The molecule has 2 fully saturated rings. The van der Waals surface area contributed by atoms with Gasteiger partial charge in [-0.15, -0.1) is 6.58 Å². The fourth-order valence-electron chi connectivity index (χ4n) is 4.26. The lowest BCUT2D eigenvalue weighted by Crippen LogP contribution is -2.38. The van der Waals surface area contributed by atoms with Crippen LogP contribution in [-0.4, -0.2) is 53.4 Å². The summed E-state index contributed by atoms with van der Waals surface area (Å²) < 4.78 is 29.9. The zero-order valence-electron chi connectivity index (χ0n) is 17.7. The van der Waals surface area contributed by atoms with Crippen molar-refractivity contribution in [2.24, 2.45) is 5.92 Å². The van der Waals surface area contributed by atoms with E-state index in [9.17, 15) is 0 Å². The van der Waals surface area contributed by atoms with Crippen molar-refractivity contribution < 1.29 is 23.4 Å². The normalized spacial score (nSPS) is 21.6. The summed E-state index contributed by atoms with van der Waals surface area (Å²) in [5.74, 6) is 0.298. The molecule has 158 valence electrons. The van der Waals surface area contributed by atoms with E-state index < -0.39 is 8.32 Å². The van der Waals surface area contributed by atoms with Gasteiger partial charge in [-0.2, -0.15) is 0 Å². The lowest BCUT2D eigenvalue weighted by molar-refractivity contribution is -0.191. The maximum atomic E-state index is 6.29. The predicted molar refractivity (Wildman–Crippen MR) is 110 cm³/mol. The second kappa shape index (κ2) is 11.7. The molecule has 1 atom stereocenters. The Hall–Kier alpha value is -0.243. The van der Waals surface area contributed by atoms with Crippen molar-refractivity contribution in [2.45, 2.75) is 83.1 Å². The Morgan fingerprint density at radius 1 is 1.04 bits per heavy atom. The first-order valence-electron chi connectivity index (χ1n) is 10.9. The molecule has 1 aliphatic carbocycles. The maximum absolute atomic E-state index is 6.29. The average molecular weight is 401 g/mol. The van der Waals surface area contributed by atoms with Crippen LogP contribution in [0.15, 0.2) is 12.7 Å². The molecule has 1 saturated carbocycles. The zero-order chi connectivity index (χ0) is 19.6. The Balaban J connectivity index is 1.73. The highest BCUT2D eigenvalue weighted by Crippen LogP contribution is 2.40. The first kappa shape index (κ1) is 23.0. The minimum Gasteiger partial charge on any atom is -0.414 e. The van der Waals surface area contributed by atoms with Gasteiger partial charge in [0, 0.05) is 19.3 Å². The average Bonchev–Trinajstić information content (AvgIpc) is 3.16.